The molecule has 0 aromatic carbocycles. The van der Waals surface area contributed by atoms with Gasteiger partial charge in [-0.1, -0.05) is 5.16 Å². The minimum Gasteiger partial charge on any atom is -0.466 e. The van der Waals surface area contributed by atoms with Crippen molar-refractivity contribution in [3.63, 3.8) is 0 Å². The van der Waals surface area contributed by atoms with Crippen molar-refractivity contribution in [1.82, 2.24) is 9.46 Å². The van der Waals surface area contributed by atoms with Gasteiger partial charge in [0.25, 0.3) is 0 Å². The quantitative estimate of drug-likeness (QED) is 0.736. The van der Waals surface area contributed by atoms with Gasteiger partial charge in [0, 0.05) is 24.0 Å². The molecule has 0 atom stereocenters. The molecule has 2 aromatic rings. The predicted octanol–water partition coefficient (Wildman–Crippen LogP) is 2.68. The summed E-state index contributed by atoms with van der Waals surface area (Å²) in [6.07, 6.45) is 2.49. The molecule has 1 aliphatic rings. The van der Waals surface area contributed by atoms with Crippen LogP contribution >= 0.6 is 11.3 Å². The first-order valence-electron chi connectivity index (χ1n) is 8.11. The zero-order valence-corrected chi connectivity index (χ0v) is 15.7. The Morgan fingerprint density at radius 1 is 1.44 bits per heavy atom. The molecular formula is C16H20N2O5S2. The molecule has 0 amide bonds. The highest BCUT2D eigenvalue weighted by molar-refractivity contribution is 7.89. The van der Waals surface area contributed by atoms with Gasteiger partial charge in [-0.25, -0.2) is 8.42 Å². The molecule has 3 heterocycles. The Kier molecular flexibility index (Phi) is 5.26. The maximum absolute atomic E-state index is 13.0. The monoisotopic (exact) mass is 384 g/mol. The Morgan fingerprint density at radius 3 is 2.76 bits per heavy atom. The smallest absolute Gasteiger partial charge is 0.309 e. The van der Waals surface area contributed by atoms with Crippen LogP contribution in [0.3, 0.4) is 0 Å². The summed E-state index contributed by atoms with van der Waals surface area (Å²) in [6.45, 7) is 4.53. The van der Waals surface area contributed by atoms with E-state index in [2.05, 4.69) is 5.16 Å². The van der Waals surface area contributed by atoms with Crippen LogP contribution in [0.25, 0.3) is 10.6 Å². The summed E-state index contributed by atoms with van der Waals surface area (Å²) < 4.78 is 37.5. The Labute approximate surface area is 150 Å². The third-order valence-electron chi connectivity index (χ3n) is 4.24. The van der Waals surface area contributed by atoms with Gasteiger partial charge in [-0.15, -0.1) is 11.3 Å². The average molecular weight is 384 g/mol. The first-order valence-corrected chi connectivity index (χ1v) is 10.4. The second-order valence-corrected chi connectivity index (χ2v) is 9.00. The second kappa shape index (κ2) is 7.27. The standard InChI is InChI=1S/C16H20N2O5S2/c1-3-22-16(19)12-5-8-18(9-6-12)25(20,21)15-10-14(24-11(15)2)13-4-7-17-23-13/h4,7,10,12H,3,5-6,8-9H2,1-2H3. The van der Waals surface area contributed by atoms with E-state index >= 15 is 0 Å². The van der Waals surface area contributed by atoms with E-state index in [0.717, 1.165) is 4.88 Å². The molecule has 1 saturated heterocycles. The summed E-state index contributed by atoms with van der Waals surface area (Å²) in [5.41, 5.74) is 0. The van der Waals surface area contributed by atoms with E-state index in [1.807, 2.05) is 0 Å². The summed E-state index contributed by atoms with van der Waals surface area (Å²) in [6, 6.07) is 3.33. The highest BCUT2D eigenvalue weighted by Gasteiger charge is 2.34. The van der Waals surface area contributed by atoms with Gasteiger partial charge in [0.15, 0.2) is 5.76 Å². The van der Waals surface area contributed by atoms with E-state index in [-0.39, 0.29) is 11.9 Å². The molecule has 2 aromatic heterocycles. The van der Waals surface area contributed by atoms with E-state index in [9.17, 15) is 13.2 Å². The van der Waals surface area contributed by atoms with Gasteiger partial charge in [-0.2, -0.15) is 4.31 Å². The molecule has 0 unspecified atom stereocenters. The average Bonchev–Trinajstić information content (AvgIpc) is 3.24. The fourth-order valence-corrected chi connectivity index (χ4v) is 5.90. The third kappa shape index (κ3) is 3.63. The lowest BCUT2D eigenvalue weighted by Crippen LogP contribution is -2.40. The maximum atomic E-state index is 13.0. The summed E-state index contributed by atoms with van der Waals surface area (Å²) in [4.78, 5) is 13.5. The number of ether oxygens (including phenoxy) is 1. The zero-order valence-electron chi connectivity index (χ0n) is 14.1. The van der Waals surface area contributed by atoms with Crippen LogP contribution in [0.4, 0.5) is 0 Å². The molecule has 1 aliphatic heterocycles. The first kappa shape index (κ1) is 18.1. The topological polar surface area (TPSA) is 89.7 Å². The van der Waals surface area contributed by atoms with Gasteiger partial charge in [0.2, 0.25) is 10.0 Å². The molecule has 9 heteroatoms. The molecule has 0 bridgehead atoms. The van der Waals surface area contributed by atoms with Crippen molar-refractivity contribution < 1.29 is 22.5 Å². The maximum Gasteiger partial charge on any atom is 0.309 e. The van der Waals surface area contributed by atoms with Gasteiger partial charge >= 0.3 is 5.97 Å². The second-order valence-electron chi connectivity index (χ2n) is 5.84. The molecule has 0 saturated carbocycles. The van der Waals surface area contributed by atoms with Crippen LogP contribution in [0, 0.1) is 12.8 Å². The summed E-state index contributed by atoms with van der Waals surface area (Å²) in [5, 5.41) is 3.66. The van der Waals surface area contributed by atoms with Crippen molar-refractivity contribution in [3.05, 3.63) is 23.2 Å². The van der Waals surface area contributed by atoms with Crippen molar-refractivity contribution >= 4 is 27.3 Å². The van der Waals surface area contributed by atoms with Crippen molar-refractivity contribution in [1.29, 1.82) is 0 Å². The van der Waals surface area contributed by atoms with Gasteiger partial charge in [-0.05, 0) is 32.8 Å². The van der Waals surface area contributed by atoms with Gasteiger partial charge < -0.3 is 9.26 Å². The van der Waals surface area contributed by atoms with Crippen LogP contribution in [-0.4, -0.2) is 43.5 Å². The van der Waals surface area contributed by atoms with E-state index in [1.165, 1.54) is 21.8 Å². The van der Waals surface area contributed by atoms with Gasteiger partial charge in [0.1, 0.15) is 0 Å². The number of rotatable bonds is 5. The van der Waals surface area contributed by atoms with Crippen molar-refractivity contribution in [2.45, 2.75) is 31.6 Å². The molecular weight excluding hydrogens is 364 g/mol. The molecule has 0 N–H and O–H groups in total. The number of hydrogen-bond donors (Lipinski definition) is 0. The number of hydrogen-bond acceptors (Lipinski definition) is 7. The minimum atomic E-state index is -3.59. The fraction of sp³-hybridized carbons (Fsp3) is 0.500. The van der Waals surface area contributed by atoms with E-state index < -0.39 is 10.0 Å². The third-order valence-corrected chi connectivity index (χ3v) is 7.46. The van der Waals surface area contributed by atoms with Crippen LogP contribution in [0.15, 0.2) is 27.7 Å². The number of thiophene rings is 1. The highest BCUT2D eigenvalue weighted by Crippen LogP contribution is 2.35. The number of piperidine rings is 1. The Morgan fingerprint density at radius 2 is 2.16 bits per heavy atom. The normalized spacial score (nSPS) is 16.9. The number of carbonyl (C=O) groups is 1. The Balaban J connectivity index is 1.76. The van der Waals surface area contributed by atoms with Crippen LogP contribution in [0.2, 0.25) is 0 Å². The lowest BCUT2D eigenvalue weighted by Gasteiger charge is -2.30. The molecule has 1 fully saturated rings. The lowest BCUT2D eigenvalue weighted by molar-refractivity contribution is -0.149. The van der Waals surface area contributed by atoms with E-state index in [0.29, 0.717) is 48.1 Å². The fourth-order valence-electron chi connectivity index (χ4n) is 2.92. The van der Waals surface area contributed by atoms with Crippen LogP contribution < -0.4 is 0 Å². The van der Waals surface area contributed by atoms with Crippen molar-refractivity contribution in [2.24, 2.45) is 5.92 Å². The number of aromatic nitrogens is 1. The predicted molar refractivity (Wildman–Crippen MR) is 92.7 cm³/mol. The number of sulfonamides is 1. The molecule has 3 rings (SSSR count). The van der Waals surface area contributed by atoms with E-state index in [4.69, 9.17) is 9.26 Å². The van der Waals surface area contributed by atoms with Crippen LogP contribution in [0.1, 0.15) is 24.6 Å². The molecule has 0 radical (unpaired) electrons. The van der Waals surface area contributed by atoms with Crippen molar-refractivity contribution in [3.8, 4) is 10.6 Å². The molecule has 7 nitrogen and oxygen atoms in total. The summed E-state index contributed by atoms with van der Waals surface area (Å²) >= 11 is 1.36. The highest BCUT2D eigenvalue weighted by atomic mass is 32.2. The molecule has 0 spiro atoms. The number of nitrogens with zero attached hydrogens (tertiary/aromatic N) is 2. The van der Waals surface area contributed by atoms with Crippen LogP contribution in [-0.2, 0) is 19.6 Å². The van der Waals surface area contributed by atoms with E-state index in [1.54, 1.807) is 26.0 Å². The molecule has 0 aliphatic carbocycles. The SMILES string of the molecule is CCOC(=O)C1CCN(S(=O)(=O)c2cc(-c3ccno3)sc2C)CC1. The Bertz CT molecular complexity index is 834. The molecule has 136 valence electrons. The number of aryl methyl sites for hydroxylation is 1. The number of esters is 1. The van der Waals surface area contributed by atoms with Crippen molar-refractivity contribution in [2.75, 3.05) is 19.7 Å². The first-order chi connectivity index (χ1) is 11.9. The van der Waals surface area contributed by atoms with Crippen LogP contribution in [0.5, 0.6) is 0 Å². The Hall–Kier alpha value is -1.71. The summed E-state index contributed by atoms with van der Waals surface area (Å²) in [5.74, 6) is 0.0918. The summed E-state index contributed by atoms with van der Waals surface area (Å²) in [7, 11) is -3.59. The zero-order chi connectivity index (χ0) is 18.0. The van der Waals surface area contributed by atoms with Gasteiger partial charge in [-0.3, -0.25) is 4.79 Å². The molecule has 25 heavy (non-hydrogen) atoms. The largest absolute Gasteiger partial charge is 0.466 e. The number of carbonyl (C=O) groups excluding carboxylic acids is 1. The lowest BCUT2D eigenvalue weighted by atomic mass is 9.98. The minimum absolute atomic E-state index is 0.222. The van der Waals surface area contributed by atoms with Gasteiger partial charge in [0.05, 0.1) is 28.5 Å².